The molecule has 0 bridgehead atoms. The first-order valence-corrected chi connectivity index (χ1v) is 4.02. The van der Waals surface area contributed by atoms with Crippen LogP contribution in [0, 0.1) is 10.1 Å². The topological polar surface area (TPSA) is 72.6 Å². The summed E-state index contributed by atoms with van der Waals surface area (Å²) in [7, 11) is 0. The number of nitro benzene ring substituents is 1. The largest absolute Gasteiger partial charge is 0.294 e. The maximum atomic E-state index is 11.3. The second-order valence-corrected chi connectivity index (χ2v) is 2.90. The average Bonchev–Trinajstić information content (AvgIpc) is 2.17. The molecule has 0 amide bonds. The van der Waals surface area contributed by atoms with E-state index >= 15 is 0 Å². The molecule has 0 spiro atoms. The van der Waals surface area contributed by atoms with Crippen LogP contribution in [-0.2, 0) is 0 Å². The average molecular weight is 190 g/mol. The summed E-state index contributed by atoms with van der Waals surface area (Å²) in [6.07, 6.45) is 1.74. The molecule has 0 N–H and O–H groups in total. The number of hydrogen-bond donors (Lipinski definition) is 0. The quantitative estimate of drug-likeness (QED) is 0.501. The van der Waals surface area contributed by atoms with Crippen LogP contribution in [0.25, 0.3) is 0 Å². The molecule has 0 saturated heterocycles. The van der Waals surface area contributed by atoms with Gasteiger partial charge < -0.3 is 0 Å². The molecule has 1 aliphatic rings. The van der Waals surface area contributed by atoms with Crippen molar-refractivity contribution in [1.82, 2.24) is 0 Å². The van der Waals surface area contributed by atoms with Gasteiger partial charge in [0.15, 0.2) is 5.78 Å². The number of nitro groups is 1. The van der Waals surface area contributed by atoms with Crippen molar-refractivity contribution in [2.24, 2.45) is 4.99 Å². The van der Waals surface area contributed by atoms with Crippen LogP contribution >= 0.6 is 0 Å². The summed E-state index contributed by atoms with van der Waals surface area (Å²) in [5, 5.41) is 10.4. The van der Waals surface area contributed by atoms with Crippen LogP contribution in [0.15, 0.2) is 23.2 Å². The third-order valence-electron chi connectivity index (χ3n) is 2.00. The lowest BCUT2D eigenvalue weighted by Gasteiger charge is -2.06. The Morgan fingerprint density at radius 2 is 2.21 bits per heavy atom. The summed E-state index contributed by atoms with van der Waals surface area (Å²) in [4.78, 5) is 25.2. The first-order valence-electron chi connectivity index (χ1n) is 4.02. The lowest BCUT2D eigenvalue weighted by atomic mass is 10.0. The number of carbonyl (C=O) groups excluding carboxylic acids is 1. The number of aliphatic imine (C=N–C) groups is 1. The Labute approximate surface area is 79.2 Å². The van der Waals surface area contributed by atoms with E-state index in [0.717, 1.165) is 0 Å². The smallest absolute Gasteiger partial charge is 0.271 e. The Kier molecular flexibility index (Phi) is 1.85. The first-order chi connectivity index (χ1) is 6.68. The van der Waals surface area contributed by atoms with Gasteiger partial charge in [0.25, 0.3) is 5.69 Å². The highest BCUT2D eigenvalue weighted by molar-refractivity contribution is 6.10. The molecule has 1 heterocycles. The van der Waals surface area contributed by atoms with Crippen LogP contribution < -0.4 is 0 Å². The minimum absolute atomic E-state index is 0.0457. The zero-order valence-electron chi connectivity index (χ0n) is 7.14. The summed E-state index contributed by atoms with van der Waals surface area (Å²) in [6, 6.07) is 4.08. The van der Waals surface area contributed by atoms with E-state index in [-0.39, 0.29) is 17.9 Å². The molecule has 0 radical (unpaired) electrons. The lowest BCUT2D eigenvalue weighted by molar-refractivity contribution is -0.384. The molecule has 70 valence electrons. The number of hydrogen-bond acceptors (Lipinski definition) is 4. The number of benzene rings is 1. The van der Waals surface area contributed by atoms with Crippen LogP contribution in [0.4, 0.5) is 11.4 Å². The highest BCUT2D eigenvalue weighted by Gasteiger charge is 2.17. The molecule has 0 saturated carbocycles. The molecular weight excluding hydrogens is 184 g/mol. The second kappa shape index (κ2) is 3.02. The predicted octanol–water partition coefficient (Wildman–Crippen LogP) is 1.88. The van der Waals surface area contributed by atoms with E-state index in [2.05, 4.69) is 4.99 Å². The van der Waals surface area contributed by atoms with Crippen molar-refractivity contribution < 1.29 is 9.72 Å². The fourth-order valence-electron chi connectivity index (χ4n) is 1.31. The maximum Gasteiger partial charge on any atom is 0.271 e. The van der Waals surface area contributed by atoms with E-state index in [1.54, 1.807) is 0 Å². The van der Waals surface area contributed by atoms with E-state index in [1.807, 2.05) is 0 Å². The standard InChI is InChI=1S/C9H6N2O3/c12-9-3-4-10-8-5-6(11(13)14)1-2-7(8)9/h1-2,4-5H,3H2. The van der Waals surface area contributed by atoms with Gasteiger partial charge in [-0.3, -0.25) is 19.9 Å². The minimum Gasteiger partial charge on any atom is -0.294 e. The van der Waals surface area contributed by atoms with Gasteiger partial charge in [-0.15, -0.1) is 0 Å². The Bertz CT molecular complexity index is 451. The SMILES string of the molecule is O=C1CC=Nc2cc([N+](=O)[O-])ccc21. The summed E-state index contributed by atoms with van der Waals surface area (Å²) in [6.45, 7) is 0. The van der Waals surface area contributed by atoms with Gasteiger partial charge in [0.1, 0.15) is 0 Å². The monoisotopic (exact) mass is 190 g/mol. The molecule has 0 unspecified atom stereocenters. The third-order valence-corrected chi connectivity index (χ3v) is 2.00. The lowest BCUT2D eigenvalue weighted by Crippen LogP contribution is -2.04. The minimum atomic E-state index is -0.505. The van der Waals surface area contributed by atoms with Crippen molar-refractivity contribution in [3.8, 4) is 0 Å². The van der Waals surface area contributed by atoms with Gasteiger partial charge in [-0.25, -0.2) is 0 Å². The number of rotatable bonds is 1. The van der Waals surface area contributed by atoms with E-state index in [9.17, 15) is 14.9 Å². The van der Waals surface area contributed by atoms with Crippen LogP contribution in [0.1, 0.15) is 16.8 Å². The summed E-state index contributed by atoms with van der Waals surface area (Å²) >= 11 is 0. The highest BCUT2D eigenvalue weighted by Crippen LogP contribution is 2.28. The van der Waals surface area contributed by atoms with Crippen LogP contribution in [0.3, 0.4) is 0 Å². The molecule has 1 aromatic carbocycles. The summed E-state index contributed by atoms with van der Waals surface area (Å²) < 4.78 is 0. The van der Waals surface area contributed by atoms with Gasteiger partial charge in [0.05, 0.1) is 10.6 Å². The molecule has 1 aromatic rings. The number of nitrogens with zero attached hydrogens (tertiary/aromatic N) is 2. The fourth-order valence-corrected chi connectivity index (χ4v) is 1.31. The zero-order chi connectivity index (χ0) is 10.1. The van der Waals surface area contributed by atoms with Gasteiger partial charge in [-0.1, -0.05) is 0 Å². The fraction of sp³-hybridized carbons (Fsp3) is 0.111. The molecular formula is C9H6N2O3. The molecule has 0 atom stereocenters. The maximum absolute atomic E-state index is 11.3. The van der Waals surface area contributed by atoms with Crippen molar-refractivity contribution in [2.75, 3.05) is 0 Å². The van der Waals surface area contributed by atoms with Crippen LogP contribution in [0.5, 0.6) is 0 Å². The number of carbonyl (C=O) groups is 1. The van der Waals surface area contributed by atoms with Crippen LogP contribution in [0.2, 0.25) is 0 Å². The number of ketones is 1. The zero-order valence-corrected chi connectivity index (χ0v) is 7.14. The van der Waals surface area contributed by atoms with E-state index in [0.29, 0.717) is 11.3 Å². The molecule has 0 aromatic heterocycles. The summed E-state index contributed by atoms with van der Waals surface area (Å²) in [5.41, 5.74) is 0.796. The van der Waals surface area contributed by atoms with Crippen molar-refractivity contribution in [2.45, 2.75) is 6.42 Å². The van der Waals surface area contributed by atoms with E-state index < -0.39 is 4.92 Å². The van der Waals surface area contributed by atoms with Crippen molar-refractivity contribution >= 4 is 23.4 Å². The van der Waals surface area contributed by atoms with Gasteiger partial charge in [0.2, 0.25) is 0 Å². The van der Waals surface area contributed by atoms with Gasteiger partial charge in [-0.05, 0) is 6.07 Å². The Morgan fingerprint density at radius 3 is 2.93 bits per heavy atom. The van der Waals surface area contributed by atoms with E-state index in [4.69, 9.17) is 0 Å². The Morgan fingerprint density at radius 1 is 1.43 bits per heavy atom. The Hall–Kier alpha value is -2.04. The molecule has 0 aliphatic carbocycles. The number of non-ortho nitro benzene ring substituents is 1. The van der Waals surface area contributed by atoms with Crippen molar-refractivity contribution in [1.29, 1.82) is 0 Å². The van der Waals surface area contributed by atoms with Crippen molar-refractivity contribution in [3.63, 3.8) is 0 Å². The first kappa shape index (κ1) is 8.55. The molecule has 5 heteroatoms. The summed E-state index contributed by atoms with van der Waals surface area (Å²) in [5.74, 6) is -0.0510. The highest BCUT2D eigenvalue weighted by atomic mass is 16.6. The normalized spacial score (nSPS) is 13.9. The van der Waals surface area contributed by atoms with Gasteiger partial charge in [0, 0.05) is 30.3 Å². The van der Waals surface area contributed by atoms with Gasteiger partial charge in [-0.2, -0.15) is 0 Å². The second-order valence-electron chi connectivity index (χ2n) is 2.90. The third kappa shape index (κ3) is 1.28. The molecule has 5 nitrogen and oxygen atoms in total. The Balaban J connectivity index is 2.56. The predicted molar refractivity (Wildman–Crippen MR) is 50.2 cm³/mol. The van der Waals surface area contributed by atoms with E-state index in [1.165, 1.54) is 24.4 Å². The van der Waals surface area contributed by atoms with Gasteiger partial charge >= 0.3 is 0 Å². The number of fused-ring (bicyclic) bond motifs is 1. The molecule has 0 fully saturated rings. The molecule has 1 aliphatic heterocycles. The molecule has 2 rings (SSSR count). The van der Waals surface area contributed by atoms with Crippen molar-refractivity contribution in [3.05, 3.63) is 33.9 Å². The van der Waals surface area contributed by atoms with Crippen LogP contribution in [-0.4, -0.2) is 16.9 Å². The number of Topliss-reactive ketones (excluding diaryl/α,β-unsaturated/α-hetero) is 1. The molecule has 14 heavy (non-hydrogen) atoms.